The van der Waals surface area contributed by atoms with Crippen LogP contribution in [-0.4, -0.2) is 6.21 Å². The number of hydrogen-bond donors (Lipinski definition) is 1. The first-order valence-electron chi connectivity index (χ1n) is 9.98. The van der Waals surface area contributed by atoms with Gasteiger partial charge in [0.2, 0.25) is 0 Å². The van der Waals surface area contributed by atoms with Crippen LogP contribution in [0.3, 0.4) is 0 Å². The zero-order chi connectivity index (χ0) is 22.4. The first-order valence-corrected chi connectivity index (χ1v) is 9.98. The van der Waals surface area contributed by atoms with Gasteiger partial charge in [-0.15, -0.1) is 0 Å². The van der Waals surface area contributed by atoms with Crippen molar-refractivity contribution in [3.8, 4) is 0 Å². The van der Waals surface area contributed by atoms with Crippen LogP contribution < -0.4 is 10.3 Å². The summed E-state index contributed by atoms with van der Waals surface area (Å²) >= 11 is 0. The van der Waals surface area contributed by atoms with Gasteiger partial charge in [-0.1, -0.05) is 60.7 Å². The van der Waals surface area contributed by atoms with E-state index >= 15 is 0 Å². The summed E-state index contributed by atoms with van der Waals surface area (Å²) < 4.78 is 39.3. The number of halogens is 3. The van der Waals surface area contributed by atoms with E-state index in [9.17, 15) is 13.2 Å². The third kappa shape index (κ3) is 4.98. The molecule has 3 nitrogen and oxygen atoms in total. The van der Waals surface area contributed by atoms with E-state index in [2.05, 4.69) is 15.4 Å². The fourth-order valence-corrected chi connectivity index (χ4v) is 3.31. The Morgan fingerprint density at radius 1 is 0.625 bits per heavy atom. The molecule has 160 valence electrons. The van der Waals surface area contributed by atoms with Crippen LogP contribution in [-0.2, 0) is 6.18 Å². The number of alkyl halides is 3. The average Bonchev–Trinajstić information content (AvgIpc) is 2.81. The summed E-state index contributed by atoms with van der Waals surface area (Å²) in [6, 6.07) is 32.9. The van der Waals surface area contributed by atoms with Gasteiger partial charge in [0.05, 0.1) is 17.5 Å². The number of hydrogen-bond acceptors (Lipinski definition) is 3. The van der Waals surface area contributed by atoms with E-state index in [0.717, 1.165) is 28.7 Å². The van der Waals surface area contributed by atoms with Crippen molar-refractivity contribution in [2.75, 3.05) is 10.3 Å². The summed E-state index contributed by atoms with van der Waals surface area (Å²) in [6.45, 7) is 0. The largest absolute Gasteiger partial charge is 0.418 e. The lowest BCUT2D eigenvalue weighted by molar-refractivity contribution is -0.136. The third-order valence-corrected chi connectivity index (χ3v) is 4.81. The van der Waals surface area contributed by atoms with Gasteiger partial charge in [0.25, 0.3) is 0 Å². The van der Waals surface area contributed by atoms with E-state index in [1.54, 1.807) is 0 Å². The smallest absolute Gasteiger partial charge is 0.311 e. The minimum Gasteiger partial charge on any atom is -0.311 e. The monoisotopic (exact) mass is 431 g/mol. The highest BCUT2D eigenvalue weighted by atomic mass is 19.4. The Morgan fingerprint density at radius 2 is 1.12 bits per heavy atom. The molecule has 0 atom stereocenters. The lowest BCUT2D eigenvalue weighted by atomic mass is 10.1. The third-order valence-electron chi connectivity index (χ3n) is 4.81. The summed E-state index contributed by atoms with van der Waals surface area (Å²) in [5.74, 6) is 0. The van der Waals surface area contributed by atoms with E-state index in [1.165, 1.54) is 24.4 Å². The summed E-state index contributed by atoms with van der Waals surface area (Å²) in [5.41, 5.74) is 5.40. The van der Waals surface area contributed by atoms with E-state index in [1.807, 2.05) is 84.9 Å². The molecule has 0 aliphatic heterocycles. The maximum absolute atomic E-state index is 13.1. The standard InChI is InChI=1S/C26H20F3N3/c27-26(28,29)24-13-7-8-14-25(24)31-30-19-20-15-17-23(18-16-20)32(21-9-3-1-4-10-21)22-11-5-2-6-12-22/h1-19,31H/b30-19+. The molecule has 1 N–H and O–H groups in total. The number of nitrogens with one attached hydrogen (secondary N) is 1. The minimum atomic E-state index is -4.45. The molecule has 4 rings (SSSR count). The van der Waals surface area contributed by atoms with Crippen molar-refractivity contribution in [1.29, 1.82) is 0 Å². The molecule has 0 spiro atoms. The molecule has 0 amide bonds. The Hall–Kier alpha value is -4.06. The second-order valence-corrected chi connectivity index (χ2v) is 7.01. The molecule has 4 aromatic rings. The van der Waals surface area contributed by atoms with Crippen molar-refractivity contribution in [2.24, 2.45) is 5.10 Å². The van der Waals surface area contributed by atoms with Gasteiger partial charge >= 0.3 is 6.18 Å². The fraction of sp³-hybridized carbons (Fsp3) is 0.0385. The van der Waals surface area contributed by atoms with Crippen molar-refractivity contribution < 1.29 is 13.2 Å². The second kappa shape index (κ2) is 9.39. The highest BCUT2D eigenvalue weighted by Gasteiger charge is 2.33. The molecule has 0 aliphatic rings. The van der Waals surface area contributed by atoms with Crippen LogP contribution in [0.1, 0.15) is 11.1 Å². The molecule has 0 unspecified atom stereocenters. The van der Waals surface area contributed by atoms with Gasteiger partial charge in [-0.3, -0.25) is 5.43 Å². The molecule has 0 heterocycles. The number of nitrogens with zero attached hydrogens (tertiary/aromatic N) is 2. The molecule has 0 radical (unpaired) electrons. The summed E-state index contributed by atoms with van der Waals surface area (Å²) in [7, 11) is 0. The molecule has 0 saturated heterocycles. The van der Waals surface area contributed by atoms with Gasteiger partial charge in [0.1, 0.15) is 0 Å². The Balaban J connectivity index is 1.55. The molecule has 0 bridgehead atoms. The van der Waals surface area contributed by atoms with Crippen LogP contribution in [0.5, 0.6) is 0 Å². The average molecular weight is 431 g/mol. The predicted molar refractivity (Wildman–Crippen MR) is 124 cm³/mol. The molecule has 0 fully saturated rings. The Kier molecular flexibility index (Phi) is 6.22. The topological polar surface area (TPSA) is 27.6 Å². The summed E-state index contributed by atoms with van der Waals surface area (Å²) in [5, 5.41) is 3.99. The lowest BCUT2D eigenvalue weighted by Gasteiger charge is -2.25. The number of benzene rings is 4. The van der Waals surface area contributed by atoms with Crippen molar-refractivity contribution in [2.45, 2.75) is 6.18 Å². The minimum absolute atomic E-state index is 0.0906. The maximum atomic E-state index is 13.1. The van der Waals surface area contributed by atoms with Crippen LogP contribution in [0.15, 0.2) is 114 Å². The van der Waals surface area contributed by atoms with E-state index in [4.69, 9.17) is 0 Å². The first-order chi connectivity index (χ1) is 15.5. The molecule has 0 aromatic heterocycles. The quantitative estimate of drug-likeness (QED) is 0.251. The highest BCUT2D eigenvalue weighted by molar-refractivity contribution is 5.83. The molecule has 6 heteroatoms. The fourth-order valence-electron chi connectivity index (χ4n) is 3.31. The van der Waals surface area contributed by atoms with Gasteiger partial charge in [0.15, 0.2) is 0 Å². The SMILES string of the molecule is FC(F)(F)c1ccccc1N/N=C/c1ccc(N(c2ccccc2)c2ccccc2)cc1. The van der Waals surface area contributed by atoms with Crippen molar-refractivity contribution in [1.82, 2.24) is 0 Å². The van der Waals surface area contributed by atoms with Gasteiger partial charge in [-0.25, -0.2) is 0 Å². The number of rotatable bonds is 6. The van der Waals surface area contributed by atoms with E-state index in [-0.39, 0.29) is 5.69 Å². The Bertz CT molecular complexity index is 1130. The number of para-hydroxylation sites is 3. The number of hydrazone groups is 1. The molecule has 0 aliphatic carbocycles. The highest BCUT2D eigenvalue weighted by Crippen LogP contribution is 2.35. The van der Waals surface area contributed by atoms with Crippen molar-refractivity contribution >= 4 is 29.0 Å². The lowest BCUT2D eigenvalue weighted by Crippen LogP contribution is -2.09. The van der Waals surface area contributed by atoms with Crippen LogP contribution in [0.4, 0.5) is 35.9 Å². The molecule has 0 saturated carbocycles. The van der Waals surface area contributed by atoms with Crippen molar-refractivity contribution in [3.63, 3.8) is 0 Å². The molecule has 32 heavy (non-hydrogen) atoms. The first kappa shape index (κ1) is 21.2. The van der Waals surface area contributed by atoms with Gasteiger partial charge < -0.3 is 4.90 Å². The van der Waals surface area contributed by atoms with Crippen molar-refractivity contribution in [3.05, 3.63) is 120 Å². The Labute approximate surface area is 184 Å². The van der Waals surface area contributed by atoms with Crippen LogP contribution in [0, 0.1) is 0 Å². The summed E-state index contributed by atoms with van der Waals surface area (Å²) in [6.07, 6.45) is -2.95. The predicted octanol–water partition coefficient (Wildman–Crippen LogP) is 7.62. The van der Waals surface area contributed by atoms with E-state index < -0.39 is 11.7 Å². The van der Waals surface area contributed by atoms with Crippen LogP contribution in [0.2, 0.25) is 0 Å². The van der Waals surface area contributed by atoms with Gasteiger partial charge in [-0.05, 0) is 54.1 Å². The zero-order valence-electron chi connectivity index (χ0n) is 17.0. The van der Waals surface area contributed by atoms with Crippen LogP contribution in [0.25, 0.3) is 0 Å². The molecular formula is C26H20F3N3. The van der Waals surface area contributed by atoms with Gasteiger partial charge in [-0.2, -0.15) is 18.3 Å². The number of anilines is 4. The normalized spacial score (nSPS) is 11.5. The van der Waals surface area contributed by atoms with Gasteiger partial charge in [0, 0.05) is 17.1 Å². The maximum Gasteiger partial charge on any atom is 0.418 e. The zero-order valence-corrected chi connectivity index (χ0v) is 17.0. The summed E-state index contributed by atoms with van der Waals surface area (Å²) in [4.78, 5) is 2.12. The van der Waals surface area contributed by atoms with E-state index in [0.29, 0.717) is 0 Å². The van der Waals surface area contributed by atoms with Crippen LogP contribution >= 0.6 is 0 Å². The Morgan fingerprint density at radius 3 is 1.69 bits per heavy atom. The molecule has 4 aromatic carbocycles. The molecular weight excluding hydrogens is 411 g/mol. The second-order valence-electron chi connectivity index (χ2n) is 7.01.